The lowest BCUT2D eigenvalue weighted by molar-refractivity contribution is 0.1000. The van der Waals surface area contributed by atoms with Gasteiger partial charge in [-0.2, -0.15) is 9.78 Å². The van der Waals surface area contributed by atoms with Gasteiger partial charge in [0.15, 0.2) is 0 Å². The number of hydrogen-bond acceptors (Lipinski definition) is 6. The van der Waals surface area contributed by atoms with E-state index in [9.17, 15) is 14.4 Å². The summed E-state index contributed by atoms with van der Waals surface area (Å²) < 4.78 is 2.67. The lowest BCUT2D eigenvalue weighted by Crippen LogP contribution is -2.34. The van der Waals surface area contributed by atoms with E-state index in [0.717, 1.165) is 11.1 Å². The summed E-state index contributed by atoms with van der Waals surface area (Å²) in [6, 6.07) is 11.8. The van der Waals surface area contributed by atoms with E-state index in [4.69, 9.17) is 5.73 Å². The Morgan fingerprint density at radius 1 is 1.11 bits per heavy atom. The van der Waals surface area contributed by atoms with E-state index in [2.05, 4.69) is 15.1 Å². The molecule has 4 aromatic rings. The number of aromatic nitrogens is 5. The fourth-order valence-electron chi connectivity index (χ4n) is 4.62. The summed E-state index contributed by atoms with van der Waals surface area (Å²) in [5.74, 6) is 0.0179. The molecule has 0 unspecified atom stereocenters. The number of nitrogens with two attached hydrogens (primary N) is 1. The molecule has 1 aliphatic rings. The Bertz CT molecular complexity index is 1560. The van der Waals surface area contributed by atoms with Gasteiger partial charge in [-0.25, -0.2) is 14.6 Å². The minimum absolute atomic E-state index is 0.153. The van der Waals surface area contributed by atoms with E-state index < -0.39 is 5.91 Å². The molecule has 0 bridgehead atoms. The zero-order valence-electron chi connectivity index (χ0n) is 20.7. The van der Waals surface area contributed by atoms with Gasteiger partial charge >= 0.3 is 11.7 Å². The van der Waals surface area contributed by atoms with Crippen molar-refractivity contribution in [3.05, 3.63) is 82.8 Å². The van der Waals surface area contributed by atoms with Gasteiger partial charge in [-0.05, 0) is 49.7 Å². The van der Waals surface area contributed by atoms with Gasteiger partial charge < -0.3 is 5.73 Å². The van der Waals surface area contributed by atoms with Gasteiger partial charge in [-0.1, -0.05) is 13.0 Å². The quantitative estimate of drug-likeness (QED) is 0.434. The fourth-order valence-corrected chi connectivity index (χ4v) is 4.62. The predicted octanol–water partition coefficient (Wildman–Crippen LogP) is 2.52. The number of primary amides is 1. The van der Waals surface area contributed by atoms with Crippen LogP contribution in [0.2, 0.25) is 0 Å². The Morgan fingerprint density at radius 2 is 1.92 bits per heavy atom. The van der Waals surface area contributed by atoms with Crippen molar-refractivity contribution in [3.8, 4) is 16.9 Å². The maximum absolute atomic E-state index is 13.6. The second-order valence-corrected chi connectivity index (χ2v) is 8.88. The Kier molecular flexibility index (Phi) is 6.04. The first kappa shape index (κ1) is 23.9. The van der Waals surface area contributed by atoms with E-state index in [1.165, 1.54) is 15.6 Å². The SMILES string of the molecule is CCc1c(-c2ccc(-n3ncn(C)c3=O)cn2)ccnc1N1C[C@H](C)N(c2cccc(C(N)=O)c2)C1=O. The van der Waals surface area contributed by atoms with Crippen LogP contribution >= 0.6 is 0 Å². The zero-order valence-corrected chi connectivity index (χ0v) is 20.7. The van der Waals surface area contributed by atoms with Gasteiger partial charge in [0, 0.05) is 42.2 Å². The van der Waals surface area contributed by atoms with Gasteiger partial charge in [0.1, 0.15) is 12.1 Å². The lowest BCUT2D eigenvalue weighted by Gasteiger charge is -2.22. The van der Waals surface area contributed by atoms with E-state index in [0.29, 0.717) is 41.4 Å². The van der Waals surface area contributed by atoms with Gasteiger partial charge in [-0.15, -0.1) is 0 Å². The number of carbonyl (C=O) groups excluding carboxylic acids is 2. The van der Waals surface area contributed by atoms with Crippen molar-refractivity contribution in [1.82, 2.24) is 24.3 Å². The minimum Gasteiger partial charge on any atom is -0.366 e. The molecule has 0 aliphatic carbocycles. The van der Waals surface area contributed by atoms with Crippen LogP contribution in [0.5, 0.6) is 0 Å². The number of aryl methyl sites for hydroxylation is 1. The Hall–Kier alpha value is -4.80. The molecule has 1 atom stereocenters. The highest BCUT2D eigenvalue weighted by Gasteiger charge is 2.38. The number of benzene rings is 1. The molecule has 0 saturated carbocycles. The smallest absolute Gasteiger partial charge is 0.350 e. The van der Waals surface area contributed by atoms with Crippen molar-refractivity contribution in [2.24, 2.45) is 12.8 Å². The molecule has 11 nitrogen and oxygen atoms in total. The monoisotopic (exact) mass is 498 g/mol. The first-order valence-electron chi connectivity index (χ1n) is 11.9. The summed E-state index contributed by atoms with van der Waals surface area (Å²) in [7, 11) is 1.63. The van der Waals surface area contributed by atoms with Crippen LogP contribution < -0.4 is 21.2 Å². The third kappa shape index (κ3) is 4.14. The molecular formula is C26H26N8O3. The molecule has 2 N–H and O–H groups in total. The van der Waals surface area contributed by atoms with Crippen LogP contribution in [0, 0.1) is 0 Å². The van der Waals surface area contributed by atoms with Crippen LogP contribution in [0.15, 0.2) is 66.0 Å². The van der Waals surface area contributed by atoms with E-state index >= 15 is 0 Å². The fraction of sp³-hybridized carbons (Fsp3) is 0.231. The molecule has 3 amide bonds. The van der Waals surface area contributed by atoms with Crippen LogP contribution in [0.3, 0.4) is 0 Å². The zero-order chi connectivity index (χ0) is 26.3. The standard InChI is InChI=1S/C26H26N8O3/c1-4-20-21(22-9-8-19(13-29-22)34-25(36)31(3)15-30-34)10-11-28-24(20)32-14-16(2)33(26(32)37)18-7-5-6-17(12-18)23(27)35/h5-13,15-16H,4,14H2,1-3H3,(H2,27,35)/t16-/m0/s1. The number of carbonyl (C=O) groups is 2. The van der Waals surface area contributed by atoms with Crippen molar-refractivity contribution >= 4 is 23.4 Å². The summed E-state index contributed by atoms with van der Waals surface area (Å²) in [4.78, 5) is 49.9. The van der Waals surface area contributed by atoms with Crippen molar-refractivity contribution in [1.29, 1.82) is 0 Å². The molecule has 1 saturated heterocycles. The van der Waals surface area contributed by atoms with E-state index in [1.54, 1.807) is 59.6 Å². The third-order valence-electron chi connectivity index (χ3n) is 6.47. The number of urea groups is 1. The minimum atomic E-state index is -0.549. The summed E-state index contributed by atoms with van der Waals surface area (Å²) >= 11 is 0. The van der Waals surface area contributed by atoms with Gasteiger partial charge in [0.25, 0.3) is 0 Å². The maximum atomic E-state index is 13.6. The first-order chi connectivity index (χ1) is 17.8. The lowest BCUT2D eigenvalue weighted by atomic mass is 10.0. The molecule has 1 aromatic carbocycles. The second-order valence-electron chi connectivity index (χ2n) is 8.88. The van der Waals surface area contributed by atoms with Crippen LogP contribution in [0.4, 0.5) is 16.3 Å². The number of pyridine rings is 2. The summed E-state index contributed by atoms with van der Waals surface area (Å²) in [5.41, 5.74) is 9.10. The van der Waals surface area contributed by atoms with Crippen LogP contribution in [-0.2, 0) is 13.5 Å². The molecule has 4 heterocycles. The topological polar surface area (TPSA) is 132 Å². The predicted molar refractivity (Wildman–Crippen MR) is 139 cm³/mol. The van der Waals surface area contributed by atoms with Crippen molar-refractivity contribution in [3.63, 3.8) is 0 Å². The summed E-state index contributed by atoms with van der Waals surface area (Å²) in [6.07, 6.45) is 5.33. The first-order valence-corrected chi connectivity index (χ1v) is 11.9. The average Bonchev–Trinajstić information content (AvgIpc) is 3.40. The van der Waals surface area contributed by atoms with E-state index in [-0.39, 0.29) is 17.8 Å². The molecule has 5 rings (SSSR count). The van der Waals surface area contributed by atoms with E-state index in [1.807, 2.05) is 26.0 Å². The molecule has 188 valence electrons. The molecule has 1 fully saturated rings. The van der Waals surface area contributed by atoms with Crippen molar-refractivity contribution < 1.29 is 9.59 Å². The highest BCUT2D eigenvalue weighted by molar-refractivity contribution is 6.07. The highest BCUT2D eigenvalue weighted by Crippen LogP contribution is 2.34. The largest absolute Gasteiger partial charge is 0.366 e. The molecule has 3 aromatic heterocycles. The molecule has 37 heavy (non-hydrogen) atoms. The normalized spacial score (nSPS) is 15.4. The highest BCUT2D eigenvalue weighted by atomic mass is 16.2. The van der Waals surface area contributed by atoms with Crippen LogP contribution in [0.25, 0.3) is 16.9 Å². The van der Waals surface area contributed by atoms with Crippen molar-refractivity contribution in [2.75, 3.05) is 16.3 Å². The van der Waals surface area contributed by atoms with Crippen LogP contribution in [0.1, 0.15) is 29.8 Å². The second kappa shape index (κ2) is 9.34. The summed E-state index contributed by atoms with van der Waals surface area (Å²) in [5, 5.41) is 4.09. The van der Waals surface area contributed by atoms with Gasteiger partial charge in [-0.3, -0.25) is 24.1 Å². The molecule has 1 aliphatic heterocycles. The molecular weight excluding hydrogens is 472 g/mol. The van der Waals surface area contributed by atoms with Crippen molar-refractivity contribution in [2.45, 2.75) is 26.3 Å². The van der Waals surface area contributed by atoms with Gasteiger partial charge in [0.2, 0.25) is 5.91 Å². The average molecular weight is 499 g/mol. The Morgan fingerprint density at radius 3 is 2.57 bits per heavy atom. The van der Waals surface area contributed by atoms with Gasteiger partial charge in [0.05, 0.1) is 23.6 Å². The number of hydrogen-bond donors (Lipinski definition) is 1. The Labute approximate surface area is 212 Å². The molecule has 11 heteroatoms. The molecule has 0 spiro atoms. The third-order valence-corrected chi connectivity index (χ3v) is 6.47. The van der Waals surface area contributed by atoms with Crippen LogP contribution in [-0.4, -0.2) is 48.8 Å². The Balaban J connectivity index is 1.49. The number of anilines is 2. The summed E-state index contributed by atoms with van der Waals surface area (Å²) in [6.45, 7) is 4.38. The number of rotatable bonds is 6. The number of nitrogens with zero attached hydrogens (tertiary/aromatic N) is 7. The number of amides is 3. The molecule has 0 radical (unpaired) electrons. The maximum Gasteiger partial charge on any atom is 0.350 e.